The van der Waals surface area contributed by atoms with Crippen LogP contribution in [0.15, 0.2) is 5.16 Å². The number of nitrogens with zero attached hydrogens (tertiary/aromatic N) is 3. The number of hydrogen-bond acceptors (Lipinski definition) is 5. The van der Waals surface area contributed by atoms with Gasteiger partial charge < -0.3 is 9.57 Å². The summed E-state index contributed by atoms with van der Waals surface area (Å²) in [5.41, 5.74) is -1.21. The highest BCUT2D eigenvalue weighted by atomic mass is 32.2. The van der Waals surface area contributed by atoms with Crippen LogP contribution in [-0.4, -0.2) is 26.5 Å². The van der Waals surface area contributed by atoms with E-state index in [1.165, 1.54) is 23.5 Å². The van der Waals surface area contributed by atoms with E-state index in [1.54, 1.807) is 0 Å². The second-order valence-corrected chi connectivity index (χ2v) is 8.13. The van der Waals surface area contributed by atoms with Gasteiger partial charge in [-0.2, -0.15) is 18.3 Å². The van der Waals surface area contributed by atoms with Crippen molar-refractivity contribution < 1.29 is 22.7 Å². The number of hydrogen-bond donors (Lipinski definition) is 0. The monoisotopic (exact) mass is 377 g/mol. The minimum absolute atomic E-state index is 0.0358. The van der Waals surface area contributed by atoms with Gasteiger partial charge in [-0.1, -0.05) is 5.16 Å². The Hall–Kier alpha value is -1.38. The van der Waals surface area contributed by atoms with Crippen LogP contribution in [0.2, 0.25) is 0 Å². The molecular formula is C16H22F3N3O2S. The summed E-state index contributed by atoms with van der Waals surface area (Å²) < 4.78 is 47.2. The summed E-state index contributed by atoms with van der Waals surface area (Å²) in [5.74, 6) is 0.314. The molecule has 0 saturated heterocycles. The van der Waals surface area contributed by atoms with Crippen LogP contribution in [0.4, 0.5) is 13.2 Å². The van der Waals surface area contributed by atoms with Gasteiger partial charge in [-0.25, -0.2) is 4.68 Å². The molecule has 1 aliphatic carbocycles. The largest absolute Gasteiger partial charge is 0.474 e. The van der Waals surface area contributed by atoms with Crippen LogP contribution in [0, 0.1) is 0 Å². The molecule has 0 amide bonds. The molecule has 0 radical (unpaired) electrons. The molecule has 0 bridgehead atoms. The first-order valence-corrected chi connectivity index (χ1v) is 9.32. The van der Waals surface area contributed by atoms with E-state index in [9.17, 15) is 13.2 Å². The van der Waals surface area contributed by atoms with Crippen molar-refractivity contribution in [3.63, 3.8) is 0 Å². The number of aromatic nitrogens is 2. The first-order valence-electron chi connectivity index (χ1n) is 8.33. The molecule has 0 spiro atoms. The predicted molar refractivity (Wildman–Crippen MR) is 89.6 cm³/mol. The van der Waals surface area contributed by atoms with E-state index in [2.05, 4.69) is 10.3 Å². The number of rotatable bonds is 4. The van der Waals surface area contributed by atoms with Crippen molar-refractivity contribution in [1.29, 1.82) is 0 Å². The quantitative estimate of drug-likeness (QED) is 0.775. The maximum Gasteiger partial charge on any atom is 0.435 e. The molecule has 1 aromatic heterocycles. The molecule has 5 nitrogen and oxygen atoms in total. The Morgan fingerprint density at radius 3 is 2.56 bits per heavy atom. The van der Waals surface area contributed by atoms with E-state index < -0.39 is 17.5 Å². The van der Waals surface area contributed by atoms with Gasteiger partial charge in [-0.3, -0.25) is 0 Å². The zero-order valence-corrected chi connectivity index (χ0v) is 15.3. The van der Waals surface area contributed by atoms with E-state index in [4.69, 9.17) is 9.57 Å². The summed E-state index contributed by atoms with van der Waals surface area (Å²) in [7, 11) is 1.49. The second-order valence-electron chi connectivity index (χ2n) is 7.08. The fourth-order valence-corrected chi connectivity index (χ4v) is 4.17. The summed E-state index contributed by atoms with van der Waals surface area (Å²) in [6.07, 6.45) is -0.145. The number of aryl methyl sites for hydroxylation is 1. The van der Waals surface area contributed by atoms with Crippen LogP contribution in [-0.2, 0) is 23.8 Å². The van der Waals surface area contributed by atoms with E-state index in [-0.39, 0.29) is 23.3 Å². The maximum atomic E-state index is 13.4. The summed E-state index contributed by atoms with van der Waals surface area (Å²) in [6.45, 7) is 3.79. The minimum Gasteiger partial charge on any atom is -0.474 e. The third-order valence-electron chi connectivity index (χ3n) is 4.29. The Kier molecular flexibility index (Phi) is 4.96. The van der Waals surface area contributed by atoms with Crippen LogP contribution < -0.4 is 4.74 Å². The van der Waals surface area contributed by atoms with Crippen LogP contribution in [0.5, 0.6) is 5.88 Å². The lowest BCUT2D eigenvalue weighted by molar-refractivity contribution is -0.141. The molecule has 1 fully saturated rings. The summed E-state index contributed by atoms with van der Waals surface area (Å²) in [4.78, 5) is 5.27. The lowest BCUT2D eigenvalue weighted by atomic mass is 10.1. The highest BCUT2D eigenvalue weighted by Crippen LogP contribution is 2.40. The third-order valence-corrected chi connectivity index (χ3v) is 5.28. The Balaban J connectivity index is 1.81. The molecule has 3 rings (SSSR count). The summed E-state index contributed by atoms with van der Waals surface area (Å²) in [5, 5.41) is 8.33. The van der Waals surface area contributed by atoms with Crippen molar-refractivity contribution in [2.24, 2.45) is 12.2 Å². The molecule has 0 aromatic carbocycles. The molecule has 1 aliphatic heterocycles. The summed E-state index contributed by atoms with van der Waals surface area (Å²) >= 11 is 1.25. The topological polar surface area (TPSA) is 48.6 Å². The van der Waals surface area contributed by atoms with E-state index in [0.717, 1.165) is 25.7 Å². The Labute approximate surface area is 148 Å². The smallest absolute Gasteiger partial charge is 0.435 e. The van der Waals surface area contributed by atoms with Gasteiger partial charge in [-0.15, -0.1) is 11.8 Å². The SMILES string of the molecule is Cn1nc(C(F)(F)F)c(CSC2=NOC(C)(C)C2)c1OC1CCCC1. The zero-order valence-electron chi connectivity index (χ0n) is 14.5. The molecule has 2 aliphatic rings. The van der Waals surface area contributed by atoms with Gasteiger partial charge in [0.25, 0.3) is 0 Å². The lowest BCUT2D eigenvalue weighted by Gasteiger charge is -2.15. The molecule has 1 aromatic rings. The maximum absolute atomic E-state index is 13.4. The summed E-state index contributed by atoms with van der Waals surface area (Å²) in [6, 6.07) is 0. The average molecular weight is 377 g/mol. The highest BCUT2D eigenvalue weighted by Gasteiger charge is 2.40. The van der Waals surface area contributed by atoms with Crippen molar-refractivity contribution in [3.05, 3.63) is 11.3 Å². The number of oxime groups is 1. The van der Waals surface area contributed by atoms with Crippen molar-refractivity contribution in [2.45, 2.75) is 69.6 Å². The third kappa shape index (κ3) is 4.24. The molecule has 2 heterocycles. The fraction of sp³-hybridized carbons (Fsp3) is 0.750. The Morgan fingerprint density at radius 1 is 1.32 bits per heavy atom. The van der Waals surface area contributed by atoms with Gasteiger partial charge in [0.1, 0.15) is 16.7 Å². The molecule has 0 unspecified atom stereocenters. The normalized spacial score (nSPS) is 20.6. The number of ether oxygens (including phenoxy) is 1. The molecule has 0 N–H and O–H groups in total. The Morgan fingerprint density at radius 2 is 2.00 bits per heavy atom. The van der Waals surface area contributed by atoms with Gasteiger partial charge >= 0.3 is 6.18 Å². The van der Waals surface area contributed by atoms with Crippen molar-refractivity contribution in [2.75, 3.05) is 0 Å². The van der Waals surface area contributed by atoms with E-state index in [0.29, 0.717) is 11.5 Å². The predicted octanol–water partition coefficient (Wildman–Crippen LogP) is 4.51. The van der Waals surface area contributed by atoms with Gasteiger partial charge in [0.15, 0.2) is 5.69 Å². The van der Waals surface area contributed by atoms with Crippen LogP contribution in [0.25, 0.3) is 0 Å². The van der Waals surface area contributed by atoms with Gasteiger partial charge in [0.2, 0.25) is 5.88 Å². The average Bonchev–Trinajstić information content (AvgIpc) is 3.19. The van der Waals surface area contributed by atoms with Crippen LogP contribution in [0.1, 0.15) is 57.2 Å². The molecule has 0 atom stereocenters. The van der Waals surface area contributed by atoms with Gasteiger partial charge in [0, 0.05) is 19.2 Å². The highest BCUT2D eigenvalue weighted by molar-refractivity contribution is 8.13. The van der Waals surface area contributed by atoms with Gasteiger partial charge in [0.05, 0.1) is 5.56 Å². The van der Waals surface area contributed by atoms with Crippen LogP contribution in [0.3, 0.4) is 0 Å². The molecule has 1 saturated carbocycles. The fourth-order valence-electron chi connectivity index (χ4n) is 3.06. The molecule has 9 heteroatoms. The number of thioether (sulfide) groups is 1. The standard InChI is InChI=1S/C16H22F3N3O2S/c1-15(2)8-12(21-24-15)25-9-11-13(16(17,18)19)20-22(3)14(11)23-10-6-4-5-7-10/h10H,4-9H2,1-3H3. The van der Waals surface area contributed by atoms with Crippen LogP contribution >= 0.6 is 11.8 Å². The second kappa shape index (κ2) is 6.74. The van der Waals surface area contributed by atoms with Crippen molar-refractivity contribution >= 4 is 16.8 Å². The zero-order chi connectivity index (χ0) is 18.2. The molecule has 140 valence electrons. The number of alkyl halides is 3. The lowest BCUT2D eigenvalue weighted by Crippen LogP contribution is -2.18. The molecule has 25 heavy (non-hydrogen) atoms. The van der Waals surface area contributed by atoms with E-state index >= 15 is 0 Å². The van der Waals surface area contributed by atoms with Crippen molar-refractivity contribution in [3.8, 4) is 5.88 Å². The molecular weight excluding hydrogens is 355 g/mol. The van der Waals surface area contributed by atoms with Gasteiger partial charge in [-0.05, 0) is 39.5 Å². The first-order chi connectivity index (χ1) is 11.7. The first kappa shape index (κ1) is 18.4. The Bertz CT molecular complexity index is 664. The van der Waals surface area contributed by atoms with Crippen molar-refractivity contribution in [1.82, 2.24) is 9.78 Å². The minimum atomic E-state index is -4.52. The number of halogens is 3. The van der Waals surface area contributed by atoms with E-state index in [1.807, 2.05) is 13.8 Å².